The van der Waals surface area contributed by atoms with Crippen LogP contribution in [0, 0.1) is 11.6 Å². The number of methoxy groups -OCH3 is 1. The van der Waals surface area contributed by atoms with Crippen LogP contribution >= 0.6 is 23.2 Å². The molecule has 2 aliphatic rings. The molecule has 2 fully saturated rings. The molecule has 6 aromatic rings. The molecule has 1 amide bonds. The molecule has 0 spiro atoms. The Kier molecular flexibility index (Phi) is 17.4. The molecular weight excluding hydrogens is 897 g/mol. The van der Waals surface area contributed by atoms with E-state index in [0.29, 0.717) is 61.5 Å². The van der Waals surface area contributed by atoms with E-state index in [1.807, 2.05) is 0 Å². The summed E-state index contributed by atoms with van der Waals surface area (Å²) in [6, 6.07) is 14.3. The summed E-state index contributed by atoms with van der Waals surface area (Å²) in [7, 11) is 1.32. The first kappa shape index (κ1) is 49.3. The van der Waals surface area contributed by atoms with Gasteiger partial charge in [0.05, 0.1) is 73.9 Å². The van der Waals surface area contributed by atoms with Gasteiger partial charge in [-0.05, 0) is 109 Å². The van der Waals surface area contributed by atoms with Gasteiger partial charge in [-0.25, -0.2) is 13.6 Å². The van der Waals surface area contributed by atoms with Gasteiger partial charge >= 0.3 is 5.97 Å². The van der Waals surface area contributed by atoms with Crippen LogP contribution < -0.4 is 21.7 Å². The predicted molar refractivity (Wildman–Crippen MR) is 247 cm³/mol. The largest absolute Gasteiger partial charge is 0.465 e. The number of aliphatic hydroxyl groups excluding tert-OH is 4. The molecule has 0 bridgehead atoms. The number of amides is 1. The van der Waals surface area contributed by atoms with Gasteiger partial charge in [0.25, 0.3) is 5.91 Å². The van der Waals surface area contributed by atoms with Crippen LogP contribution in [0.3, 0.4) is 0 Å². The molecule has 4 heterocycles. The van der Waals surface area contributed by atoms with Gasteiger partial charge in [0.1, 0.15) is 17.2 Å². The topological polar surface area (TPSA) is 238 Å². The number of rotatable bonds is 15. The van der Waals surface area contributed by atoms with Crippen LogP contribution in [0.4, 0.5) is 31.5 Å². The molecule has 346 valence electrons. The van der Waals surface area contributed by atoms with Gasteiger partial charge in [-0.15, -0.1) is 0 Å². The van der Waals surface area contributed by atoms with Gasteiger partial charge in [-0.2, -0.15) is 0 Å². The van der Waals surface area contributed by atoms with Crippen molar-refractivity contribution in [1.82, 2.24) is 25.3 Å². The monoisotopic (exact) mass is 944 g/mol. The molecule has 2 saturated carbocycles. The average Bonchev–Trinajstić information content (AvgIpc) is 4.29. The van der Waals surface area contributed by atoms with E-state index in [0.717, 1.165) is 42.5 Å². The lowest BCUT2D eigenvalue weighted by molar-refractivity contribution is 0.0601. The van der Waals surface area contributed by atoms with Crippen LogP contribution in [-0.2, 0) is 4.74 Å². The highest BCUT2D eigenvalue weighted by molar-refractivity contribution is 6.31. The molecule has 0 aliphatic heterocycles. The van der Waals surface area contributed by atoms with E-state index in [1.165, 1.54) is 49.8 Å². The van der Waals surface area contributed by atoms with Gasteiger partial charge in [0, 0.05) is 69.7 Å². The molecule has 9 N–H and O–H groups in total. The average molecular weight is 946 g/mol. The summed E-state index contributed by atoms with van der Waals surface area (Å²) in [5.74, 6) is -1.07. The summed E-state index contributed by atoms with van der Waals surface area (Å²) in [6.07, 6.45) is 13.7. The fourth-order valence-corrected chi connectivity index (χ4v) is 6.83. The van der Waals surface area contributed by atoms with E-state index in [4.69, 9.17) is 43.9 Å². The first-order chi connectivity index (χ1) is 31.9. The summed E-state index contributed by atoms with van der Waals surface area (Å²) < 4.78 is 33.6. The molecule has 15 nitrogen and oxygen atoms in total. The number of benzene rings is 2. The van der Waals surface area contributed by atoms with E-state index in [2.05, 4.69) is 35.9 Å². The number of halogens is 4. The third-order valence-corrected chi connectivity index (χ3v) is 10.9. The second-order valence-electron chi connectivity index (χ2n) is 15.4. The SMILES string of the molecule is COC(=O)c1cnccc1Nc1cc(-c2cc(Cl)ccc2F)ncc1C1CC1.NC(CO)CO.O=C(NC(CO)CO)c1cnccc1Nc1cc(-c2cc(Cl)ccc2F)ncc1C1CC1. The molecule has 66 heavy (non-hydrogen) atoms. The van der Waals surface area contributed by atoms with Crippen molar-refractivity contribution in [2.45, 2.75) is 49.6 Å². The Morgan fingerprint density at radius 3 is 1.55 bits per heavy atom. The molecule has 4 aromatic heterocycles. The number of hydrogen-bond donors (Lipinski definition) is 8. The highest BCUT2D eigenvalue weighted by atomic mass is 35.5. The molecule has 2 aliphatic carbocycles. The number of carbonyl (C=O) groups excluding carboxylic acids is 2. The van der Waals surface area contributed by atoms with Crippen molar-refractivity contribution in [2.24, 2.45) is 5.73 Å². The fourth-order valence-electron chi connectivity index (χ4n) is 6.49. The molecule has 0 saturated heterocycles. The second kappa shape index (κ2) is 23.3. The summed E-state index contributed by atoms with van der Waals surface area (Å²) in [5.41, 5.74) is 11.5. The van der Waals surface area contributed by atoms with E-state index >= 15 is 0 Å². The van der Waals surface area contributed by atoms with E-state index in [9.17, 15) is 28.6 Å². The summed E-state index contributed by atoms with van der Waals surface area (Å²) in [4.78, 5) is 41.7. The summed E-state index contributed by atoms with van der Waals surface area (Å²) in [5, 5.41) is 44.6. The zero-order valence-corrected chi connectivity index (χ0v) is 37.1. The van der Waals surface area contributed by atoms with Crippen molar-refractivity contribution in [3.05, 3.63) is 142 Å². The molecule has 0 radical (unpaired) electrons. The Morgan fingerprint density at radius 2 is 1.14 bits per heavy atom. The first-order valence-corrected chi connectivity index (χ1v) is 21.5. The van der Waals surface area contributed by atoms with Crippen LogP contribution in [0.2, 0.25) is 10.0 Å². The lowest BCUT2D eigenvalue weighted by Crippen LogP contribution is -2.40. The molecule has 19 heteroatoms. The van der Waals surface area contributed by atoms with Crippen molar-refractivity contribution in [3.8, 4) is 22.5 Å². The van der Waals surface area contributed by atoms with E-state index in [1.54, 1.807) is 55.1 Å². The Balaban J connectivity index is 0.000000196. The van der Waals surface area contributed by atoms with Gasteiger partial charge < -0.3 is 46.8 Å². The number of anilines is 4. The van der Waals surface area contributed by atoms with Crippen LogP contribution in [0.25, 0.3) is 22.5 Å². The molecule has 0 atom stereocenters. The normalized spacial score (nSPS) is 13.0. The number of pyridine rings is 4. The van der Waals surface area contributed by atoms with Crippen LogP contribution in [-0.4, -0.2) is 97.9 Å². The quantitative estimate of drug-likeness (QED) is 0.0473. The van der Waals surface area contributed by atoms with E-state index in [-0.39, 0.29) is 24.3 Å². The number of carbonyl (C=O) groups is 2. The Bertz CT molecular complexity index is 2630. The number of nitrogens with zero attached hydrogens (tertiary/aromatic N) is 4. The van der Waals surface area contributed by atoms with Gasteiger partial charge in [0.2, 0.25) is 0 Å². The minimum atomic E-state index is -0.782. The smallest absolute Gasteiger partial charge is 0.341 e. The fraction of sp³-hybridized carbons (Fsp3) is 0.277. The summed E-state index contributed by atoms with van der Waals surface area (Å²) in [6.45, 7) is -1.07. The van der Waals surface area contributed by atoms with Gasteiger partial charge in [-0.3, -0.25) is 24.7 Å². The second-order valence-corrected chi connectivity index (χ2v) is 16.2. The Hall–Kier alpha value is -6.18. The van der Waals surface area contributed by atoms with Crippen molar-refractivity contribution >= 4 is 57.8 Å². The lowest BCUT2D eigenvalue weighted by atomic mass is 10.1. The van der Waals surface area contributed by atoms with Crippen molar-refractivity contribution in [1.29, 1.82) is 0 Å². The number of ether oxygens (including phenoxy) is 1. The minimum Gasteiger partial charge on any atom is -0.465 e. The Morgan fingerprint density at radius 1 is 0.682 bits per heavy atom. The van der Waals surface area contributed by atoms with Crippen molar-refractivity contribution < 1.29 is 43.5 Å². The zero-order valence-electron chi connectivity index (χ0n) is 35.6. The van der Waals surface area contributed by atoms with Gasteiger partial charge in [0.15, 0.2) is 0 Å². The third kappa shape index (κ3) is 13.0. The molecule has 2 aromatic carbocycles. The van der Waals surface area contributed by atoms with Crippen molar-refractivity contribution in [2.75, 3.05) is 44.2 Å². The Labute approximate surface area is 389 Å². The minimum absolute atomic E-state index is 0.142. The highest BCUT2D eigenvalue weighted by Crippen LogP contribution is 2.46. The standard InChI is InChI=1S/C23H22ClFN4O3.C21H17ClFN3O2.C3H9NO2/c24-14-3-4-19(25)16(7-14)21-8-22(17(10-27-21)13-1-2-13)29-20-5-6-26-9-18(20)23(32)28-15(11-30)12-31;1-28-21(27)16-10-24-7-6-18(16)26-20-9-19(25-11-15(20)12-2-3-12)14-8-13(22)4-5-17(14)23;4-3(1-5)2-6/h3-10,13,15,30-31H,1-2,11-12H2,(H,28,32)(H,26,27,29);4-12H,2-3H2,1H3,(H,24,25,26);3,5-6H,1-2,4H2. The molecule has 8 rings (SSSR count). The summed E-state index contributed by atoms with van der Waals surface area (Å²) >= 11 is 12.1. The number of esters is 1. The predicted octanol–water partition coefficient (Wildman–Crippen LogP) is 7.28. The van der Waals surface area contributed by atoms with Crippen molar-refractivity contribution in [3.63, 3.8) is 0 Å². The number of nitrogens with two attached hydrogens (primary N) is 1. The molecular formula is C47H48Cl2F2N8O7. The van der Waals surface area contributed by atoms with Crippen LogP contribution in [0.1, 0.15) is 69.4 Å². The number of aliphatic hydroxyl groups is 4. The van der Waals surface area contributed by atoms with Crippen LogP contribution in [0.15, 0.2) is 97.8 Å². The zero-order chi connectivity index (χ0) is 47.3. The number of nitrogens with one attached hydrogen (secondary N) is 3. The number of aromatic nitrogens is 4. The van der Waals surface area contributed by atoms with Crippen LogP contribution in [0.5, 0.6) is 0 Å². The maximum Gasteiger partial charge on any atom is 0.341 e. The highest BCUT2D eigenvalue weighted by Gasteiger charge is 2.29. The van der Waals surface area contributed by atoms with Gasteiger partial charge in [-0.1, -0.05) is 23.2 Å². The number of hydrogen-bond acceptors (Lipinski definition) is 14. The lowest BCUT2D eigenvalue weighted by Gasteiger charge is -2.18. The first-order valence-electron chi connectivity index (χ1n) is 20.8. The third-order valence-electron chi connectivity index (χ3n) is 10.4. The van der Waals surface area contributed by atoms with E-state index < -0.39 is 48.8 Å². The molecule has 0 unspecified atom stereocenters. The maximum atomic E-state index is 14.4. The maximum absolute atomic E-state index is 14.4.